The number of rotatable bonds is 6. The number of carbonyl (C=O) groups excluding carboxylic acids is 1. The van der Waals surface area contributed by atoms with Gasteiger partial charge < -0.3 is 15.5 Å². The van der Waals surface area contributed by atoms with Gasteiger partial charge in [-0.3, -0.25) is 9.48 Å². The molecular weight excluding hydrogens is 266 g/mol. The predicted molar refractivity (Wildman–Crippen MR) is 84.3 cm³/mol. The number of anilines is 1. The number of hydrogen-bond acceptors (Lipinski definition) is 4. The third-order valence-electron chi connectivity index (χ3n) is 3.95. The Bertz CT molecular complexity index is 445. The van der Waals surface area contributed by atoms with E-state index in [1.54, 1.807) is 17.9 Å². The Morgan fingerprint density at radius 2 is 2.29 bits per heavy atom. The van der Waals surface area contributed by atoms with Crippen molar-refractivity contribution in [1.29, 1.82) is 0 Å². The Morgan fingerprint density at radius 1 is 1.43 bits per heavy atom. The van der Waals surface area contributed by atoms with Gasteiger partial charge in [0.15, 0.2) is 0 Å². The number of aromatic nitrogens is 2. The van der Waals surface area contributed by atoms with Crippen LogP contribution >= 0.6 is 0 Å². The SMILES string of the molecule is CCCN1CCCC(Nc2cnn(CC(=O)NC)c2)CC1. The zero-order chi connectivity index (χ0) is 15.1. The molecule has 1 fully saturated rings. The number of hydrogen-bond donors (Lipinski definition) is 2. The summed E-state index contributed by atoms with van der Waals surface area (Å²) in [7, 11) is 1.64. The van der Waals surface area contributed by atoms with Crippen LogP contribution in [0.3, 0.4) is 0 Å². The normalized spacial score (nSPS) is 20.0. The maximum atomic E-state index is 11.3. The second-order valence-corrected chi connectivity index (χ2v) is 5.71. The second kappa shape index (κ2) is 8.02. The molecule has 1 amide bonds. The van der Waals surface area contributed by atoms with Gasteiger partial charge in [-0.25, -0.2) is 0 Å². The first-order valence-electron chi connectivity index (χ1n) is 7.93. The van der Waals surface area contributed by atoms with E-state index in [0.29, 0.717) is 6.04 Å². The highest BCUT2D eigenvalue weighted by Gasteiger charge is 2.16. The minimum absolute atomic E-state index is 0.0330. The summed E-state index contributed by atoms with van der Waals surface area (Å²) in [6, 6.07) is 0.504. The lowest BCUT2D eigenvalue weighted by Crippen LogP contribution is -2.27. The zero-order valence-corrected chi connectivity index (χ0v) is 13.1. The van der Waals surface area contributed by atoms with Crippen molar-refractivity contribution in [3.05, 3.63) is 12.4 Å². The number of amides is 1. The van der Waals surface area contributed by atoms with E-state index in [-0.39, 0.29) is 12.5 Å². The van der Waals surface area contributed by atoms with E-state index in [4.69, 9.17) is 0 Å². The van der Waals surface area contributed by atoms with Gasteiger partial charge in [-0.2, -0.15) is 5.10 Å². The van der Waals surface area contributed by atoms with Crippen LogP contribution in [-0.2, 0) is 11.3 Å². The van der Waals surface area contributed by atoms with E-state index in [2.05, 4.69) is 27.6 Å². The fraction of sp³-hybridized carbons (Fsp3) is 0.733. The van der Waals surface area contributed by atoms with Gasteiger partial charge in [-0.05, 0) is 38.8 Å². The van der Waals surface area contributed by atoms with Gasteiger partial charge >= 0.3 is 0 Å². The first kappa shape index (κ1) is 15.8. The summed E-state index contributed by atoms with van der Waals surface area (Å²) in [5.74, 6) is -0.0330. The lowest BCUT2D eigenvalue weighted by atomic mass is 10.1. The van der Waals surface area contributed by atoms with Gasteiger partial charge in [0.25, 0.3) is 0 Å². The molecule has 1 aromatic rings. The highest BCUT2D eigenvalue weighted by Crippen LogP contribution is 2.16. The van der Waals surface area contributed by atoms with E-state index in [1.165, 1.54) is 38.8 Å². The predicted octanol–water partition coefficient (Wildman–Crippen LogP) is 1.31. The van der Waals surface area contributed by atoms with Gasteiger partial charge in [0.1, 0.15) is 6.54 Å². The molecule has 2 rings (SSSR count). The maximum Gasteiger partial charge on any atom is 0.241 e. The van der Waals surface area contributed by atoms with E-state index in [9.17, 15) is 4.79 Å². The summed E-state index contributed by atoms with van der Waals surface area (Å²) >= 11 is 0. The molecular formula is C15H27N5O. The summed E-state index contributed by atoms with van der Waals surface area (Å²) < 4.78 is 1.67. The van der Waals surface area contributed by atoms with E-state index in [0.717, 1.165) is 12.2 Å². The van der Waals surface area contributed by atoms with Crippen LogP contribution in [0.4, 0.5) is 5.69 Å². The lowest BCUT2D eigenvalue weighted by Gasteiger charge is -2.19. The quantitative estimate of drug-likeness (QED) is 0.830. The third kappa shape index (κ3) is 5.04. The van der Waals surface area contributed by atoms with Crippen LogP contribution in [0.5, 0.6) is 0 Å². The van der Waals surface area contributed by atoms with E-state index >= 15 is 0 Å². The summed E-state index contributed by atoms with van der Waals surface area (Å²) in [5.41, 5.74) is 1.01. The molecule has 0 spiro atoms. The van der Waals surface area contributed by atoms with E-state index in [1.807, 2.05) is 6.20 Å². The van der Waals surface area contributed by atoms with Crippen molar-refractivity contribution in [2.75, 3.05) is 32.0 Å². The van der Waals surface area contributed by atoms with Crippen molar-refractivity contribution in [3.63, 3.8) is 0 Å². The number of likely N-dealkylation sites (tertiary alicyclic amines) is 1. The largest absolute Gasteiger partial charge is 0.380 e. The molecule has 1 aromatic heterocycles. The van der Waals surface area contributed by atoms with Crippen LogP contribution in [-0.4, -0.2) is 53.3 Å². The molecule has 118 valence electrons. The first-order chi connectivity index (χ1) is 10.2. The standard InChI is InChI=1S/C15H27N5O/c1-3-7-19-8-4-5-13(6-9-19)18-14-10-17-20(11-14)12-15(21)16-2/h10-11,13,18H,3-9,12H2,1-2H3,(H,16,21). The van der Waals surface area contributed by atoms with Gasteiger partial charge in [0.05, 0.1) is 11.9 Å². The monoisotopic (exact) mass is 293 g/mol. The third-order valence-corrected chi connectivity index (χ3v) is 3.95. The van der Waals surface area contributed by atoms with Crippen LogP contribution in [0.2, 0.25) is 0 Å². The molecule has 6 nitrogen and oxygen atoms in total. The second-order valence-electron chi connectivity index (χ2n) is 5.71. The molecule has 1 aliphatic heterocycles. The van der Waals surface area contributed by atoms with E-state index < -0.39 is 0 Å². The molecule has 0 saturated carbocycles. The average molecular weight is 293 g/mol. The number of likely N-dealkylation sites (N-methyl/N-ethyl adjacent to an activating group) is 1. The molecule has 6 heteroatoms. The fourth-order valence-electron chi connectivity index (χ4n) is 2.83. The Balaban J connectivity index is 1.83. The topological polar surface area (TPSA) is 62.2 Å². The van der Waals surface area contributed by atoms with Crippen molar-refractivity contribution >= 4 is 11.6 Å². The van der Waals surface area contributed by atoms with Crippen molar-refractivity contribution < 1.29 is 4.79 Å². The number of nitrogens with one attached hydrogen (secondary N) is 2. The highest BCUT2D eigenvalue weighted by atomic mass is 16.1. The van der Waals surface area contributed by atoms with Gasteiger partial charge in [0, 0.05) is 25.8 Å². The summed E-state index contributed by atoms with van der Waals surface area (Å²) in [6.07, 6.45) is 8.54. The van der Waals surface area contributed by atoms with Crippen LogP contribution in [0, 0.1) is 0 Å². The summed E-state index contributed by atoms with van der Waals surface area (Å²) in [4.78, 5) is 13.9. The van der Waals surface area contributed by atoms with Gasteiger partial charge in [0.2, 0.25) is 5.91 Å². The zero-order valence-electron chi connectivity index (χ0n) is 13.1. The Hall–Kier alpha value is -1.56. The lowest BCUT2D eigenvalue weighted by molar-refractivity contribution is -0.121. The molecule has 2 N–H and O–H groups in total. The smallest absolute Gasteiger partial charge is 0.241 e. The molecule has 1 aliphatic rings. The van der Waals surface area contributed by atoms with Gasteiger partial charge in [-0.15, -0.1) is 0 Å². The molecule has 21 heavy (non-hydrogen) atoms. The van der Waals surface area contributed by atoms with Gasteiger partial charge in [-0.1, -0.05) is 6.92 Å². The van der Waals surface area contributed by atoms with Crippen LogP contribution in [0.1, 0.15) is 32.6 Å². The fourth-order valence-corrected chi connectivity index (χ4v) is 2.83. The van der Waals surface area contributed by atoms with Crippen molar-refractivity contribution in [2.45, 2.75) is 45.2 Å². The first-order valence-corrected chi connectivity index (χ1v) is 7.93. The van der Waals surface area contributed by atoms with Crippen LogP contribution in [0.25, 0.3) is 0 Å². The molecule has 1 saturated heterocycles. The minimum Gasteiger partial charge on any atom is -0.380 e. The van der Waals surface area contributed by atoms with Crippen molar-refractivity contribution in [3.8, 4) is 0 Å². The number of carbonyl (C=O) groups is 1. The Labute approximate surface area is 126 Å². The number of nitrogens with zero attached hydrogens (tertiary/aromatic N) is 3. The molecule has 0 bridgehead atoms. The molecule has 0 aliphatic carbocycles. The van der Waals surface area contributed by atoms with Crippen LogP contribution < -0.4 is 10.6 Å². The maximum absolute atomic E-state index is 11.3. The molecule has 0 radical (unpaired) electrons. The Kier molecular flexibility index (Phi) is 6.04. The molecule has 0 aromatic carbocycles. The summed E-state index contributed by atoms with van der Waals surface area (Å²) in [5, 5.41) is 10.4. The van der Waals surface area contributed by atoms with Crippen molar-refractivity contribution in [1.82, 2.24) is 20.0 Å². The van der Waals surface area contributed by atoms with Crippen LogP contribution in [0.15, 0.2) is 12.4 Å². The minimum atomic E-state index is -0.0330. The highest BCUT2D eigenvalue weighted by molar-refractivity contribution is 5.75. The average Bonchev–Trinajstić information content (AvgIpc) is 2.78. The Morgan fingerprint density at radius 3 is 3.05 bits per heavy atom. The molecule has 2 heterocycles. The molecule has 1 atom stereocenters. The molecule has 1 unspecified atom stereocenters. The van der Waals surface area contributed by atoms with Crippen molar-refractivity contribution in [2.24, 2.45) is 0 Å². The summed E-state index contributed by atoms with van der Waals surface area (Å²) in [6.45, 7) is 6.09.